The lowest BCUT2D eigenvalue weighted by atomic mass is 9.75. The fourth-order valence-electron chi connectivity index (χ4n) is 3.38. The van der Waals surface area contributed by atoms with Crippen LogP contribution in [0.25, 0.3) is 0 Å². The first-order valence-corrected chi connectivity index (χ1v) is 7.36. The summed E-state index contributed by atoms with van der Waals surface area (Å²) in [7, 11) is 0. The van der Waals surface area contributed by atoms with Crippen LogP contribution in [0.2, 0.25) is 0 Å². The molecule has 1 aromatic carbocycles. The van der Waals surface area contributed by atoms with Crippen molar-refractivity contribution in [1.29, 1.82) is 0 Å². The zero-order valence-corrected chi connectivity index (χ0v) is 11.4. The van der Waals surface area contributed by atoms with Crippen molar-refractivity contribution in [2.75, 3.05) is 26.2 Å². The van der Waals surface area contributed by atoms with Crippen molar-refractivity contribution < 1.29 is 0 Å². The Morgan fingerprint density at radius 3 is 2.50 bits per heavy atom. The van der Waals surface area contributed by atoms with E-state index in [4.69, 9.17) is 0 Å². The van der Waals surface area contributed by atoms with Gasteiger partial charge in [0.2, 0.25) is 0 Å². The lowest BCUT2D eigenvalue weighted by Gasteiger charge is -2.43. The van der Waals surface area contributed by atoms with Gasteiger partial charge in [-0.25, -0.2) is 0 Å². The summed E-state index contributed by atoms with van der Waals surface area (Å²) in [6.07, 6.45) is 4.27. The van der Waals surface area contributed by atoms with Gasteiger partial charge in [-0.15, -0.1) is 0 Å². The zero-order chi connectivity index (χ0) is 12.4. The standard InChI is InChI=1S/C16H24N2/c1-13-5-2-3-8-15(13)16(14-6-4-7-14)18-11-9-17-10-12-18/h2-3,5,8,14,16-17H,4,6-7,9-12H2,1H3/t16-/m0/s1. The summed E-state index contributed by atoms with van der Waals surface area (Å²) in [6.45, 7) is 6.97. The number of hydrogen-bond acceptors (Lipinski definition) is 2. The van der Waals surface area contributed by atoms with E-state index < -0.39 is 0 Å². The number of rotatable bonds is 3. The monoisotopic (exact) mass is 244 g/mol. The van der Waals surface area contributed by atoms with Gasteiger partial charge in [-0.3, -0.25) is 4.90 Å². The van der Waals surface area contributed by atoms with Crippen LogP contribution in [0.15, 0.2) is 24.3 Å². The van der Waals surface area contributed by atoms with Crippen molar-refractivity contribution in [3.05, 3.63) is 35.4 Å². The lowest BCUT2D eigenvalue weighted by molar-refractivity contribution is 0.0833. The number of piperazine rings is 1. The second kappa shape index (κ2) is 5.41. The van der Waals surface area contributed by atoms with Crippen molar-refractivity contribution in [3.8, 4) is 0 Å². The lowest BCUT2D eigenvalue weighted by Crippen LogP contribution is -2.48. The van der Waals surface area contributed by atoms with E-state index in [2.05, 4.69) is 41.4 Å². The van der Waals surface area contributed by atoms with E-state index in [9.17, 15) is 0 Å². The molecular weight excluding hydrogens is 220 g/mol. The van der Waals surface area contributed by atoms with Crippen LogP contribution >= 0.6 is 0 Å². The van der Waals surface area contributed by atoms with Crippen LogP contribution in [0.4, 0.5) is 0 Å². The molecule has 0 unspecified atom stereocenters. The molecule has 1 heterocycles. The van der Waals surface area contributed by atoms with Crippen LogP contribution in [0.3, 0.4) is 0 Å². The molecule has 2 aliphatic rings. The minimum Gasteiger partial charge on any atom is -0.314 e. The van der Waals surface area contributed by atoms with Crippen LogP contribution in [-0.4, -0.2) is 31.1 Å². The van der Waals surface area contributed by atoms with Gasteiger partial charge in [-0.2, -0.15) is 0 Å². The fraction of sp³-hybridized carbons (Fsp3) is 0.625. The van der Waals surface area contributed by atoms with Crippen molar-refractivity contribution in [2.45, 2.75) is 32.2 Å². The van der Waals surface area contributed by atoms with Gasteiger partial charge in [0, 0.05) is 32.2 Å². The first-order chi connectivity index (χ1) is 8.86. The molecule has 2 heteroatoms. The van der Waals surface area contributed by atoms with Gasteiger partial charge >= 0.3 is 0 Å². The van der Waals surface area contributed by atoms with Crippen molar-refractivity contribution in [3.63, 3.8) is 0 Å². The average Bonchev–Trinajstić information content (AvgIpc) is 2.36. The van der Waals surface area contributed by atoms with Crippen LogP contribution in [0.1, 0.15) is 36.4 Å². The third-order valence-corrected chi connectivity index (χ3v) is 4.65. The fourth-order valence-corrected chi connectivity index (χ4v) is 3.38. The Morgan fingerprint density at radius 2 is 1.89 bits per heavy atom. The van der Waals surface area contributed by atoms with Gasteiger partial charge in [0.05, 0.1) is 0 Å². The normalized spacial score (nSPS) is 23.6. The summed E-state index contributed by atoms with van der Waals surface area (Å²) in [6, 6.07) is 9.65. The molecule has 0 bridgehead atoms. The Kier molecular flexibility index (Phi) is 3.67. The molecule has 1 saturated heterocycles. The van der Waals surface area contributed by atoms with Crippen molar-refractivity contribution >= 4 is 0 Å². The van der Waals surface area contributed by atoms with E-state index in [1.54, 1.807) is 5.56 Å². The number of aryl methyl sites for hydroxylation is 1. The molecule has 1 saturated carbocycles. The van der Waals surface area contributed by atoms with Crippen LogP contribution < -0.4 is 5.32 Å². The molecular formula is C16H24N2. The topological polar surface area (TPSA) is 15.3 Å². The smallest absolute Gasteiger partial charge is 0.0379 e. The van der Waals surface area contributed by atoms with E-state index in [-0.39, 0.29) is 0 Å². The molecule has 3 rings (SSSR count). The SMILES string of the molecule is Cc1ccccc1[C@H](C1CCC1)N1CCNCC1. The minimum atomic E-state index is 0.669. The Hall–Kier alpha value is -0.860. The van der Waals surface area contributed by atoms with Crippen molar-refractivity contribution in [2.24, 2.45) is 5.92 Å². The Labute approximate surface area is 110 Å². The summed E-state index contributed by atoms with van der Waals surface area (Å²) in [5, 5.41) is 3.47. The first kappa shape index (κ1) is 12.2. The number of nitrogens with zero attached hydrogens (tertiary/aromatic N) is 1. The number of benzene rings is 1. The molecule has 1 aliphatic heterocycles. The summed E-state index contributed by atoms with van der Waals surface area (Å²) in [5.41, 5.74) is 3.04. The molecule has 2 fully saturated rings. The van der Waals surface area contributed by atoms with Gasteiger partial charge in [0.25, 0.3) is 0 Å². The maximum absolute atomic E-state index is 3.47. The van der Waals surface area contributed by atoms with E-state index in [0.717, 1.165) is 19.0 Å². The van der Waals surface area contributed by atoms with E-state index in [1.807, 2.05) is 0 Å². The average molecular weight is 244 g/mol. The summed E-state index contributed by atoms with van der Waals surface area (Å²) < 4.78 is 0. The quantitative estimate of drug-likeness (QED) is 0.879. The zero-order valence-electron chi connectivity index (χ0n) is 11.4. The third-order valence-electron chi connectivity index (χ3n) is 4.65. The second-order valence-electron chi connectivity index (χ2n) is 5.78. The number of hydrogen-bond donors (Lipinski definition) is 1. The molecule has 0 radical (unpaired) electrons. The Balaban J connectivity index is 1.87. The van der Waals surface area contributed by atoms with Gasteiger partial charge in [-0.1, -0.05) is 30.7 Å². The molecule has 0 spiro atoms. The minimum absolute atomic E-state index is 0.669. The van der Waals surface area contributed by atoms with Crippen LogP contribution in [0, 0.1) is 12.8 Å². The molecule has 1 aliphatic carbocycles. The highest BCUT2D eigenvalue weighted by atomic mass is 15.2. The Bertz CT molecular complexity index is 392. The van der Waals surface area contributed by atoms with Crippen LogP contribution in [0.5, 0.6) is 0 Å². The molecule has 18 heavy (non-hydrogen) atoms. The van der Waals surface area contributed by atoms with E-state index in [1.165, 1.54) is 37.9 Å². The van der Waals surface area contributed by atoms with Gasteiger partial charge in [-0.05, 0) is 36.8 Å². The van der Waals surface area contributed by atoms with Crippen molar-refractivity contribution in [1.82, 2.24) is 10.2 Å². The van der Waals surface area contributed by atoms with Crippen LogP contribution in [-0.2, 0) is 0 Å². The molecule has 2 nitrogen and oxygen atoms in total. The highest BCUT2D eigenvalue weighted by molar-refractivity contribution is 5.30. The summed E-state index contributed by atoms with van der Waals surface area (Å²) >= 11 is 0. The first-order valence-electron chi connectivity index (χ1n) is 7.36. The maximum Gasteiger partial charge on any atom is 0.0379 e. The predicted molar refractivity (Wildman–Crippen MR) is 75.7 cm³/mol. The molecule has 1 aromatic rings. The predicted octanol–water partition coefficient (Wildman–Crippen LogP) is 2.74. The van der Waals surface area contributed by atoms with Gasteiger partial charge in [0.15, 0.2) is 0 Å². The molecule has 0 amide bonds. The van der Waals surface area contributed by atoms with Gasteiger partial charge in [0.1, 0.15) is 0 Å². The molecule has 98 valence electrons. The molecule has 0 aromatic heterocycles. The highest BCUT2D eigenvalue weighted by Gasteiger charge is 2.33. The summed E-state index contributed by atoms with van der Waals surface area (Å²) in [4.78, 5) is 2.71. The Morgan fingerprint density at radius 1 is 1.17 bits per heavy atom. The molecule has 1 atom stereocenters. The van der Waals surface area contributed by atoms with Gasteiger partial charge < -0.3 is 5.32 Å². The summed E-state index contributed by atoms with van der Waals surface area (Å²) in [5.74, 6) is 0.893. The third kappa shape index (κ3) is 2.32. The largest absolute Gasteiger partial charge is 0.314 e. The molecule has 1 N–H and O–H groups in total. The van der Waals surface area contributed by atoms with E-state index in [0.29, 0.717) is 6.04 Å². The second-order valence-corrected chi connectivity index (χ2v) is 5.78. The highest BCUT2D eigenvalue weighted by Crippen LogP contribution is 2.42. The van der Waals surface area contributed by atoms with E-state index >= 15 is 0 Å². The maximum atomic E-state index is 3.47. The number of nitrogens with one attached hydrogen (secondary N) is 1.